The maximum absolute atomic E-state index is 12.7. The molecule has 1 fully saturated rings. The van der Waals surface area contributed by atoms with Crippen molar-refractivity contribution in [1.29, 1.82) is 0 Å². The molecule has 142 valence electrons. The number of amides is 1. The number of carbonyl (C=O) groups is 1. The van der Waals surface area contributed by atoms with Crippen LogP contribution in [-0.4, -0.2) is 55.8 Å². The van der Waals surface area contributed by atoms with Crippen LogP contribution in [0.15, 0.2) is 37.6 Å². The SMILES string of the molecule is CC(C(=O)NCc1cccs1)N1CCN(S(=O)(=O)c2ccc(Br)s2)CC1. The number of piperazine rings is 1. The molecule has 3 rings (SSSR count). The van der Waals surface area contributed by atoms with Crippen LogP contribution >= 0.6 is 38.6 Å². The summed E-state index contributed by atoms with van der Waals surface area (Å²) < 4.78 is 28.0. The van der Waals surface area contributed by atoms with Gasteiger partial charge in [-0.25, -0.2) is 8.42 Å². The van der Waals surface area contributed by atoms with Crippen LogP contribution in [0.1, 0.15) is 11.8 Å². The molecule has 10 heteroatoms. The van der Waals surface area contributed by atoms with Crippen LogP contribution in [0.5, 0.6) is 0 Å². The second-order valence-corrected chi connectivity index (χ2v) is 11.6. The van der Waals surface area contributed by atoms with Crippen LogP contribution in [0.25, 0.3) is 0 Å². The molecule has 1 amide bonds. The first kappa shape index (κ1) is 20.0. The Bertz CT molecular complexity index is 843. The van der Waals surface area contributed by atoms with Crippen molar-refractivity contribution in [3.8, 4) is 0 Å². The van der Waals surface area contributed by atoms with Gasteiger partial charge in [-0.1, -0.05) is 6.07 Å². The second kappa shape index (κ2) is 8.49. The van der Waals surface area contributed by atoms with Gasteiger partial charge in [0, 0.05) is 31.1 Å². The number of nitrogens with zero attached hydrogens (tertiary/aromatic N) is 2. The molecule has 26 heavy (non-hydrogen) atoms. The minimum atomic E-state index is -3.45. The summed E-state index contributed by atoms with van der Waals surface area (Å²) in [5.41, 5.74) is 0. The molecule has 0 saturated carbocycles. The predicted octanol–water partition coefficient (Wildman–Crippen LogP) is 2.58. The Kier molecular flexibility index (Phi) is 6.52. The van der Waals surface area contributed by atoms with Gasteiger partial charge in [0.2, 0.25) is 5.91 Å². The van der Waals surface area contributed by atoms with Gasteiger partial charge in [0.15, 0.2) is 0 Å². The lowest BCUT2D eigenvalue weighted by Gasteiger charge is -2.36. The Morgan fingerprint density at radius 1 is 1.27 bits per heavy atom. The molecule has 2 aromatic rings. The van der Waals surface area contributed by atoms with Gasteiger partial charge >= 0.3 is 0 Å². The van der Waals surface area contributed by atoms with Gasteiger partial charge in [-0.05, 0) is 46.4 Å². The van der Waals surface area contributed by atoms with E-state index in [1.807, 2.05) is 29.3 Å². The standard InChI is InChI=1S/C16H20BrN3O3S3/c1-12(16(21)18-11-13-3-2-10-24-13)19-6-8-20(9-7-19)26(22,23)15-5-4-14(17)25-15/h2-5,10,12H,6-9,11H2,1H3,(H,18,21). The van der Waals surface area contributed by atoms with E-state index < -0.39 is 10.0 Å². The summed E-state index contributed by atoms with van der Waals surface area (Å²) >= 11 is 6.13. The zero-order valence-electron chi connectivity index (χ0n) is 14.2. The molecule has 0 spiro atoms. The third-order valence-corrected chi connectivity index (χ3v) is 9.23. The van der Waals surface area contributed by atoms with Crippen LogP contribution in [0, 0.1) is 0 Å². The van der Waals surface area contributed by atoms with Crippen molar-refractivity contribution < 1.29 is 13.2 Å². The maximum Gasteiger partial charge on any atom is 0.252 e. The molecule has 6 nitrogen and oxygen atoms in total. The van der Waals surface area contributed by atoms with E-state index in [0.29, 0.717) is 36.9 Å². The number of sulfonamides is 1. The lowest BCUT2D eigenvalue weighted by Crippen LogP contribution is -2.54. The third kappa shape index (κ3) is 4.55. The summed E-state index contributed by atoms with van der Waals surface area (Å²) in [7, 11) is -3.45. The summed E-state index contributed by atoms with van der Waals surface area (Å²) in [4.78, 5) is 15.5. The topological polar surface area (TPSA) is 69.7 Å². The molecule has 0 bridgehead atoms. The average Bonchev–Trinajstić information content (AvgIpc) is 3.31. The zero-order chi connectivity index (χ0) is 18.7. The van der Waals surface area contributed by atoms with Crippen LogP contribution in [0.3, 0.4) is 0 Å². The average molecular weight is 478 g/mol. The summed E-state index contributed by atoms with van der Waals surface area (Å²) in [6.45, 7) is 4.26. The molecule has 0 aromatic carbocycles. The van der Waals surface area contributed by atoms with Crippen molar-refractivity contribution in [2.75, 3.05) is 26.2 Å². The van der Waals surface area contributed by atoms with E-state index in [-0.39, 0.29) is 11.9 Å². The van der Waals surface area contributed by atoms with Crippen LogP contribution in [-0.2, 0) is 21.4 Å². The Labute approximate surface area is 170 Å². The number of halogens is 1. The smallest absolute Gasteiger partial charge is 0.252 e. The number of hydrogen-bond acceptors (Lipinski definition) is 6. The Morgan fingerprint density at radius 3 is 2.58 bits per heavy atom. The minimum absolute atomic E-state index is 0.0307. The lowest BCUT2D eigenvalue weighted by molar-refractivity contribution is -0.126. The summed E-state index contributed by atoms with van der Waals surface area (Å²) in [5, 5.41) is 4.93. The van der Waals surface area contributed by atoms with Crippen molar-refractivity contribution >= 4 is 54.5 Å². The molecule has 1 N–H and O–H groups in total. The fraction of sp³-hybridized carbons (Fsp3) is 0.438. The van der Waals surface area contributed by atoms with Crippen LogP contribution in [0.2, 0.25) is 0 Å². The summed E-state index contributed by atoms with van der Waals surface area (Å²) in [6, 6.07) is 7.03. The molecule has 1 saturated heterocycles. The first-order valence-electron chi connectivity index (χ1n) is 8.17. The van der Waals surface area contributed by atoms with Crippen molar-refractivity contribution in [2.45, 2.75) is 23.7 Å². The molecule has 2 aromatic heterocycles. The zero-order valence-corrected chi connectivity index (χ0v) is 18.3. The van der Waals surface area contributed by atoms with E-state index in [0.717, 1.165) is 8.66 Å². The van der Waals surface area contributed by atoms with E-state index in [1.165, 1.54) is 15.6 Å². The highest BCUT2D eigenvalue weighted by Crippen LogP contribution is 2.29. The van der Waals surface area contributed by atoms with Gasteiger partial charge in [-0.3, -0.25) is 9.69 Å². The molecule has 0 aliphatic carbocycles. The summed E-state index contributed by atoms with van der Waals surface area (Å²) in [6.07, 6.45) is 0. The molecular weight excluding hydrogens is 458 g/mol. The first-order valence-corrected chi connectivity index (χ1v) is 12.1. The van der Waals surface area contributed by atoms with Gasteiger partial charge in [-0.15, -0.1) is 22.7 Å². The Hall–Kier alpha value is -0.780. The highest BCUT2D eigenvalue weighted by molar-refractivity contribution is 9.11. The predicted molar refractivity (Wildman–Crippen MR) is 108 cm³/mol. The van der Waals surface area contributed by atoms with Crippen molar-refractivity contribution in [3.05, 3.63) is 38.3 Å². The van der Waals surface area contributed by atoms with Gasteiger partial charge in [-0.2, -0.15) is 4.31 Å². The molecule has 1 aliphatic rings. The number of carbonyl (C=O) groups excluding carboxylic acids is 1. The number of rotatable bonds is 6. The van der Waals surface area contributed by atoms with Crippen LogP contribution < -0.4 is 5.32 Å². The van der Waals surface area contributed by atoms with E-state index in [9.17, 15) is 13.2 Å². The Morgan fingerprint density at radius 2 is 2.00 bits per heavy atom. The number of nitrogens with one attached hydrogen (secondary N) is 1. The van der Waals surface area contributed by atoms with Gasteiger partial charge in [0.05, 0.1) is 16.4 Å². The first-order chi connectivity index (χ1) is 12.4. The monoisotopic (exact) mass is 477 g/mol. The fourth-order valence-corrected chi connectivity index (χ4v) is 7.03. The fourth-order valence-electron chi connectivity index (χ4n) is 2.80. The highest BCUT2D eigenvalue weighted by Gasteiger charge is 2.32. The number of hydrogen-bond donors (Lipinski definition) is 1. The highest BCUT2D eigenvalue weighted by atomic mass is 79.9. The Balaban J connectivity index is 1.53. The maximum atomic E-state index is 12.7. The van der Waals surface area contributed by atoms with Crippen molar-refractivity contribution in [1.82, 2.24) is 14.5 Å². The number of thiophene rings is 2. The van der Waals surface area contributed by atoms with Gasteiger partial charge in [0.1, 0.15) is 4.21 Å². The normalized spacial score (nSPS) is 17.9. The lowest BCUT2D eigenvalue weighted by atomic mass is 10.2. The third-order valence-electron chi connectivity index (χ3n) is 4.36. The molecule has 3 heterocycles. The van der Waals surface area contributed by atoms with Crippen LogP contribution in [0.4, 0.5) is 0 Å². The molecular formula is C16H20BrN3O3S3. The largest absolute Gasteiger partial charge is 0.350 e. The quantitative estimate of drug-likeness (QED) is 0.693. The van der Waals surface area contributed by atoms with E-state index in [2.05, 4.69) is 21.2 Å². The van der Waals surface area contributed by atoms with Gasteiger partial charge in [0.25, 0.3) is 10.0 Å². The van der Waals surface area contributed by atoms with Crippen molar-refractivity contribution in [3.63, 3.8) is 0 Å². The second-order valence-electron chi connectivity index (χ2n) is 5.97. The van der Waals surface area contributed by atoms with E-state index >= 15 is 0 Å². The molecule has 1 unspecified atom stereocenters. The summed E-state index contributed by atoms with van der Waals surface area (Å²) in [5.74, 6) is -0.0307. The molecule has 1 atom stereocenters. The van der Waals surface area contributed by atoms with E-state index in [4.69, 9.17) is 0 Å². The molecule has 1 aliphatic heterocycles. The minimum Gasteiger partial charge on any atom is -0.350 e. The molecule has 0 radical (unpaired) electrons. The van der Waals surface area contributed by atoms with Crippen molar-refractivity contribution in [2.24, 2.45) is 0 Å². The van der Waals surface area contributed by atoms with E-state index in [1.54, 1.807) is 23.5 Å². The van der Waals surface area contributed by atoms with Gasteiger partial charge < -0.3 is 5.32 Å².